The molecule has 1 aliphatic rings. The van der Waals surface area contributed by atoms with E-state index in [-0.39, 0.29) is 22.7 Å². The topological polar surface area (TPSA) is 90.4 Å². The lowest BCUT2D eigenvalue weighted by Gasteiger charge is -2.35. The van der Waals surface area contributed by atoms with Crippen molar-refractivity contribution in [3.8, 4) is 5.75 Å². The van der Waals surface area contributed by atoms with Gasteiger partial charge in [-0.2, -0.15) is 11.3 Å². The van der Waals surface area contributed by atoms with Crippen molar-refractivity contribution < 1.29 is 23.1 Å². The number of methoxy groups -OCH3 is 1. The van der Waals surface area contributed by atoms with Crippen LogP contribution >= 0.6 is 11.3 Å². The number of piperazine rings is 1. The third kappa shape index (κ3) is 5.73. The lowest BCUT2D eigenvalue weighted by molar-refractivity contribution is 0.0697. The second-order valence-electron chi connectivity index (χ2n) is 8.65. The number of ether oxygens (including phenoxy) is 1. The van der Waals surface area contributed by atoms with E-state index in [0.717, 1.165) is 38.3 Å². The molecule has 0 spiro atoms. The van der Waals surface area contributed by atoms with Gasteiger partial charge in [0.15, 0.2) is 0 Å². The Labute approximate surface area is 216 Å². The molecule has 1 aromatic heterocycles. The predicted octanol–water partition coefficient (Wildman–Crippen LogP) is 3.99. The molecule has 1 saturated heterocycles. The molecule has 1 aliphatic heterocycles. The zero-order valence-electron chi connectivity index (χ0n) is 20.5. The van der Waals surface area contributed by atoms with Crippen LogP contribution in [0.4, 0.5) is 5.69 Å². The average molecular weight is 530 g/mol. The van der Waals surface area contributed by atoms with Crippen LogP contribution in [-0.4, -0.2) is 69.1 Å². The fourth-order valence-corrected chi connectivity index (χ4v) is 6.57. The monoisotopic (exact) mass is 529 g/mol. The smallest absolute Gasteiger partial charge is 0.337 e. The molecule has 0 amide bonds. The lowest BCUT2D eigenvalue weighted by Crippen LogP contribution is -2.45. The third-order valence-corrected chi connectivity index (χ3v) is 8.95. The summed E-state index contributed by atoms with van der Waals surface area (Å²) in [4.78, 5) is 17.0. The van der Waals surface area contributed by atoms with Gasteiger partial charge < -0.3 is 14.7 Å². The maximum atomic E-state index is 14.0. The molecule has 192 valence electrons. The number of benzene rings is 2. The van der Waals surface area contributed by atoms with E-state index in [9.17, 15) is 18.3 Å². The Morgan fingerprint density at radius 3 is 2.33 bits per heavy atom. The molecule has 2 aromatic carbocycles. The summed E-state index contributed by atoms with van der Waals surface area (Å²) < 4.78 is 34.5. The predicted molar refractivity (Wildman–Crippen MR) is 141 cm³/mol. The van der Waals surface area contributed by atoms with Crippen molar-refractivity contribution in [3.63, 3.8) is 0 Å². The first-order chi connectivity index (χ1) is 17.3. The molecule has 0 aliphatic carbocycles. The van der Waals surface area contributed by atoms with Crippen molar-refractivity contribution in [2.24, 2.45) is 0 Å². The van der Waals surface area contributed by atoms with Crippen molar-refractivity contribution in [2.75, 3.05) is 44.1 Å². The highest BCUT2D eigenvalue weighted by Gasteiger charge is 2.31. The van der Waals surface area contributed by atoms with Crippen LogP contribution in [0.1, 0.15) is 28.4 Å². The van der Waals surface area contributed by atoms with Crippen molar-refractivity contribution in [1.82, 2.24) is 9.80 Å². The molecule has 3 aromatic rings. The van der Waals surface area contributed by atoms with Crippen LogP contribution in [0.5, 0.6) is 5.75 Å². The van der Waals surface area contributed by atoms with Crippen LogP contribution in [0, 0.1) is 0 Å². The number of sulfonamides is 1. The van der Waals surface area contributed by atoms with Crippen LogP contribution in [0.15, 0.2) is 64.2 Å². The molecule has 0 atom stereocenters. The van der Waals surface area contributed by atoms with Crippen molar-refractivity contribution >= 4 is 33.0 Å². The number of carboxylic acids is 1. The van der Waals surface area contributed by atoms with E-state index in [1.54, 1.807) is 18.2 Å². The number of aromatic carboxylic acids is 1. The van der Waals surface area contributed by atoms with Gasteiger partial charge in [0.25, 0.3) is 10.0 Å². The maximum absolute atomic E-state index is 14.0. The number of carbonyl (C=O) groups is 1. The summed E-state index contributed by atoms with van der Waals surface area (Å²) in [5, 5.41) is 13.8. The average Bonchev–Trinajstić information content (AvgIpc) is 3.41. The van der Waals surface area contributed by atoms with Gasteiger partial charge in [0, 0.05) is 32.7 Å². The number of anilines is 1. The molecule has 36 heavy (non-hydrogen) atoms. The van der Waals surface area contributed by atoms with Crippen molar-refractivity contribution in [3.05, 3.63) is 76.0 Å². The molecule has 2 heterocycles. The number of hydrogen-bond donors (Lipinski definition) is 1. The fourth-order valence-electron chi connectivity index (χ4n) is 4.40. The van der Waals surface area contributed by atoms with Gasteiger partial charge in [-0.15, -0.1) is 0 Å². The van der Waals surface area contributed by atoms with E-state index in [1.165, 1.54) is 41.0 Å². The first-order valence-electron chi connectivity index (χ1n) is 11.8. The largest absolute Gasteiger partial charge is 0.497 e. The standard InChI is InChI=1S/C26H31N3O5S2/c1-3-27-12-14-28(15-13-27)18-21-5-4-6-24(26(30)31)25(21)29(17-20-11-16-35-19-20)36(32,33)23-9-7-22(34-2)8-10-23/h4-11,16,19H,3,12-15,17-18H2,1-2H3,(H,30,31). The summed E-state index contributed by atoms with van der Waals surface area (Å²) in [6, 6.07) is 13.0. The first-order valence-corrected chi connectivity index (χ1v) is 14.2. The molecular formula is C26H31N3O5S2. The Kier molecular flexibility index (Phi) is 8.30. The highest BCUT2D eigenvalue weighted by molar-refractivity contribution is 7.92. The van der Waals surface area contributed by atoms with E-state index in [2.05, 4.69) is 16.7 Å². The quantitative estimate of drug-likeness (QED) is 0.425. The summed E-state index contributed by atoms with van der Waals surface area (Å²) in [6.07, 6.45) is 0. The van der Waals surface area contributed by atoms with E-state index in [4.69, 9.17) is 4.74 Å². The van der Waals surface area contributed by atoms with Gasteiger partial charge in [0.2, 0.25) is 0 Å². The Balaban J connectivity index is 1.80. The minimum atomic E-state index is -4.09. The Morgan fingerprint density at radius 2 is 1.75 bits per heavy atom. The number of likely N-dealkylation sites (N-methyl/N-ethyl adjacent to an activating group) is 1. The van der Waals surface area contributed by atoms with E-state index in [1.807, 2.05) is 22.9 Å². The molecule has 0 bridgehead atoms. The van der Waals surface area contributed by atoms with Gasteiger partial charge in [-0.1, -0.05) is 19.1 Å². The molecule has 0 unspecified atom stereocenters. The van der Waals surface area contributed by atoms with Gasteiger partial charge in [0.1, 0.15) is 5.75 Å². The van der Waals surface area contributed by atoms with Gasteiger partial charge in [-0.05, 0) is 64.8 Å². The summed E-state index contributed by atoms with van der Waals surface area (Å²) in [6.45, 7) is 7.13. The van der Waals surface area contributed by atoms with Gasteiger partial charge in [-0.25, -0.2) is 13.2 Å². The number of para-hydroxylation sites is 1. The molecule has 8 nitrogen and oxygen atoms in total. The third-order valence-electron chi connectivity index (χ3n) is 6.46. The Morgan fingerprint density at radius 1 is 1.06 bits per heavy atom. The lowest BCUT2D eigenvalue weighted by atomic mass is 10.1. The van der Waals surface area contributed by atoms with E-state index < -0.39 is 16.0 Å². The highest BCUT2D eigenvalue weighted by atomic mass is 32.2. The molecule has 1 N–H and O–H groups in total. The Hall–Kier alpha value is -2.92. The summed E-state index contributed by atoms with van der Waals surface area (Å²) >= 11 is 1.47. The van der Waals surface area contributed by atoms with Crippen molar-refractivity contribution in [1.29, 1.82) is 0 Å². The summed E-state index contributed by atoms with van der Waals surface area (Å²) in [5.74, 6) is -0.626. The maximum Gasteiger partial charge on any atom is 0.337 e. The molecule has 10 heteroatoms. The normalized spacial score (nSPS) is 15.1. The number of rotatable bonds is 10. The van der Waals surface area contributed by atoms with E-state index in [0.29, 0.717) is 17.9 Å². The molecule has 1 fully saturated rings. The Bertz CT molecular complexity index is 1270. The minimum Gasteiger partial charge on any atom is -0.497 e. The van der Waals surface area contributed by atoms with Gasteiger partial charge in [0.05, 0.1) is 29.8 Å². The highest BCUT2D eigenvalue weighted by Crippen LogP contribution is 2.34. The molecule has 0 radical (unpaired) electrons. The second-order valence-corrected chi connectivity index (χ2v) is 11.3. The van der Waals surface area contributed by atoms with Crippen LogP contribution in [0.2, 0.25) is 0 Å². The zero-order chi connectivity index (χ0) is 25.7. The molecule has 4 rings (SSSR count). The SMILES string of the molecule is CCN1CCN(Cc2cccc(C(=O)O)c2N(Cc2ccsc2)S(=O)(=O)c2ccc(OC)cc2)CC1. The zero-order valence-corrected chi connectivity index (χ0v) is 22.1. The van der Waals surface area contributed by atoms with Crippen LogP contribution in [0.3, 0.4) is 0 Å². The van der Waals surface area contributed by atoms with Crippen LogP contribution in [0.25, 0.3) is 0 Å². The summed E-state index contributed by atoms with van der Waals surface area (Å²) in [7, 11) is -2.58. The fraction of sp³-hybridized carbons (Fsp3) is 0.346. The van der Waals surface area contributed by atoms with Gasteiger partial charge in [-0.3, -0.25) is 9.21 Å². The van der Waals surface area contributed by atoms with Crippen LogP contribution < -0.4 is 9.04 Å². The number of nitrogens with zero attached hydrogens (tertiary/aromatic N) is 3. The number of thiophene rings is 1. The van der Waals surface area contributed by atoms with E-state index >= 15 is 0 Å². The van der Waals surface area contributed by atoms with Crippen molar-refractivity contribution in [2.45, 2.75) is 24.9 Å². The minimum absolute atomic E-state index is 0.0266. The molecule has 0 saturated carbocycles. The number of hydrogen-bond acceptors (Lipinski definition) is 7. The second kappa shape index (κ2) is 11.4. The molecular weight excluding hydrogens is 498 g/mol. The number of carboxylic acid groups (broad SMARTS) is 1. The van der Waals surface area contributed by atoms with Gasteiger partial charge >= 0.3 is 5.97 Å². The first kappa shape index (κ1) is 26.2. The summed E-state index contributed by atoms with van der Waals surface area (Å²) in [5.41, 5.74) is 1.64. The van der Waals surface area contributed by atoms with Crippen LogP contribution in [-0.2, 0) is 23.1 Å².